The topological polar surface area (TPSA) is 344 Å². The third kappa shape index (κ3) is 17.7. The number of aromatic carboxylic acids is 4. The summed E-state index contributed by atoms with van der Waals surface area (Å²) < 4.78 is 165. The van der Waals surface area contributed by atoms with Crippen molar-refractivity contribution in [2.45, 2.75) is 35.5 Å². The van der Waals surface area contributed by atoms with Gasteiger partial charge in [-0.15, -0.1) is 0 Å². The third-order valence-electron chi connectivity index (χ3n) is 11.1. The number of carboxylic acid groups (broad SMARTS) is 4. The summed E-state index contributed by atoms with van der Waals surface area (Å²) >= 11 is 0. The molecule has 0 aliphatic rings. The van der Waals surface area contributed by atoms with Gasteiger partial charge in [-0.05, 0) is 93.0 Å². The molecule has 4 aromatic carbocycles. The van der Waals surface area contributed by atoms with E-state index in [-0.39, 0.29) is 54.9 Å². The first-order chi connectivity index (χ1) is 36.6. The zero-order valence-corrected chi connectivity index (χ0v) is 44.0. The number of pyridine rings is 4. The number of carboxylic acids is 4. The number of halogens is 12. The van der Waals surface area contributed by atoms with E-state index in [1.807, 2.05) is 72.8 Å². The Bertz CT molecular complexity index is 2840. The second-order valence-corrected chi connectivity index (χ2v) is 15.8. The van der Waals surface area contributed by atoms with E-state index in [0.717, 1.165) is 22.8 Å². The van der Waals surface area contributed by atoms with Crippen molar-refractivity contribution in [1.82, 2.24) is 19.9 Å². The predicted molar refractivity (Wildman–Crippen MR) is 263 cm³/mol. The Morgan fingerprint density at radius 2 is 0.429 bits per heavy atom. The van der Waals surface area contributed by atoms with Crippen LogP contribution in [-0.4, -0.2) is 68.5 Å². The number of carbonyl (C=O) groups excluding carboxylic acids is 4. The van der Waals surface area contributed by atoms with E-state index in [2.05, 4.69) is 19.9 Å². The average molecular weight is 1290 g/mol. The summed E-state index contributed by atoms with van der Waals surface area (Å²) in [5, 5.41) is 42.8. The van der Waals surface area contributed by atoms with Crippen molar-refractivity contribution in [3.05, 3.63) is 239 Å². The molecule has 0 spiro atoms. The van der Waals surface area contributed by atoms with Crippen molar-refractivity contribution >= 4 is 23.9 Å². The molecule has 4 heterocycles. The van der Waals surface area contributed by atoms with Crippen LogP contribution in [0.1, 0.15) is 63.7 Å². The van der Waals surface area contributed by atoms with Gasteiger partial charge in [-0.3, -0.25) is 19.9 Å². The Morgan fingerprint density at radius 3 is 0.536 bits per heavy atom. The van der Waals surface area contributed by atoms with Gasteiger partial charge in [0.2, 0.25) is 10.8 Å². The Morgan fingerprint density at radius 1 is 0.274 bits per heavy atom. The van der Waals surface area contributed by atoms with Gasteiger partial charge in [0.15, 0.2) is 0 Å². The number of carbonyl (C=O) groups is 4. The Labute approximate surface area is 486 Å². The van der Waals surface area contributed by atoms with Crippen molar-refractivity contribution in [2.24, 2.45) is 0 Å². The molecule has 16 nitrogen and oxygen atoms in total. The van der Waals surface area contributed by atoms with E-state index < -0.39 is 104 Å². The molecule has 0 saturated carbocycles. The number of nitrogens with zero attached hydrogens (tertiary/aromatic N) is 4. The number of alkyl halides is 12. The Balaban J connectivity index is 0. The minimum atomic E-state index is -5.88. The van der Waals surface area contributed by atoms with E-state index in [9.17, 15) is 92.3 Å². The number of rotatable bonds is 10. The summed E-state index contributed by atoms with van der Waals surface area (Å²) in [7, 11) is 0. The summed E-state index contributed by atoms with van der Waals surface area (Å²) in [4.78, 5) is 59.6. The molecule has 0 saturated heterocycles. The van der Waals surface area contributed by atoms with Gasteiger partial charge in [0.1, 0.15) is 0 Å². The van der Waals surface area contributed by atoms with Gasteiger partial charge >= 0.3 is 57.7 Å². The molecule has 452 valence electrons. The fourth-order valence-electron chi connectivity index (χ4n) is 7.45. The Kier molecular flexibility index (Phi) is 29.7. The van der Waals surface area contributed by atoms with E-state index >= 15 is 0 Å². The average Bonchev–Trinajstić information content (AvgIpc) is 1.34. The van der Waals surface area contributed by atoms with Gasteiger partial charge < -0.3 is 61.5 Å². The molecule has 0 aliphatic carbocycles. The van der Waals surface area contributed by atoms with Crippen LogP contribution in [0.4, 0.5) is 52.7 Å². The van der Waals surface area contributed by atoms with Crippen LogP contribution in [-0.2, 0) is 65.7 Å². The molecule has 0 aliphatic heterocycles. The first-order valence-electron chi connectivity index (χ1n) is 21.8. The SMILES string of the molecule is O=C([O-])c1ccc(C(c2ccc(C(=O)[O-])cc2)(C(F)(F)F)C(F)(F)F)cc1.O=C([O-])c1ccc(C(c2ccc(C(=O)[O-])cc2)(C(F)(F)F)C(F)(F)F)cc1.[Ni+2].[Ni+2].[OH3+].[OH3+].[OH3+].[OH3+].c1ccc(-c2ccccn2)nc1.c1ccc(-c2ccccn2)nc1. The second-order valence-electron chi connectivity index (χ2n) is 15.8. The second kappa shape index (κ2) is 32.3. The summed E-state index contributed by atoms with van der Waals surface area (Å²) in [6.45, 7) is 0. The molecule has 8 rings (SSSR count). The van der Waals surface area contributed by atoms with Crippen LogP contribution >= 0.6 is 0 Å². The summed E-state index contributed by atoms with van der Waals surface area (Å²) in [5.74, 6) is -7.09. The molecular formula is C54H44F12N4Ni2O12+4. The molecule has 0 amide bonds. The summed E-state index contributed by atoms with van der Waals surface area (Å²) in [6.07, 6.45) is -16.4. The number of benzene rings is 4. The normalized spacial score (nSPS) is 10.9. The van der Waals surface area contributed by atoms with Crippen molar-refractivity contribution in [1.29, 1.82) is 0 Å². The first-order valence-corrected chi connectivity index (χ1v) is 21.8. The molecule has 12 N–H and O–H groups in total. The van der Waals surface area contributed by atoms with Crippen molar-refractivity contribution < 1.29 is 147 Å². The molecule has 0 unspecified atom stereocenters. The minimum Gasteiger partial charge on any atom is -0.545 e. The maximum Gasteiger partial charge on any atom is 2.00 e. The van der Waals surface area contributed by atoms with Gasteiger partial charge in [0.05, 0.1) is 46.7 Å². The summed E-state index contributed by atoms with van der Waals surface area (Å²) in [5.41, 5.74) is -12.9. The molecule has 8 aromatic rings. The van der Waals surface area contributed by atoms with Gasteiger partial charge in [0.25, 0.3) is 0 Å². The number of aromatic nitrogens is 4. The van der Waals surface area contributed by atoms with Crippen LogP contribution in [0.5, 0.6) is 0 Å². The quantitative estimate of drug-likeness (QED) is 0.105. The van der Waals surface area contributed by atoms with Gasteiger partial charge in [0, 0.05) is 24.8 Å². The molecule has 84 heavy (non-hydrogen) atoms. The van der Waals surface area contributed by atoms with Crippen molar-refractivity contribution in [2.75, 3.05) is 0 Å². The zero-order chi connectivity index (χ0) is 57.7. The molecule has 30 heteroatoms. The van der Waals surface area contributed by atoms with E-state index in [4.69, 9.17) is 0 Å². The molecular weight excluding hydrogens is 1240 g/mol. The fraction of sp³-hybridized carbons (Fsp3) is 0.111. The van der Waals surface area contributed by atoms with Crippen LogP contribution in [0.25, 0.3) is 22.8 Å². The minimum absolute atomic E-state index is 0. The molecule has 4 aromatic heterocycles. The molecule has 0 radical (unpaired) electrons. The summed E-state index contributed by atoms with van der Waals surface area (Å²) in [6, 6.07) is 30.8. The monoisotopic (exact) mass is 1280 g/mol. The molecule has 0 fully saturated rings. The standard InChI is InChI=1S/2C17H10F6O4.2C10H8N2.2Ni.4H2O/c2*18-16(19,20)15(17(21,22)23,11-5-1-9(2-6-11)13(24)25)12-7-3-10(4-8-12)14(26)27;2*1-3-7-11-9(5-1)10-6-2-4-8-12-10;;;;;;/h2*1-8H,(H,24,25)(H,26,27);2*1-8H;;;4*1H2/q;;;;2*+2;;;;. The van der Waals surface area contributed by atoms with Crippen molar-refractivity contribution in [3.8, 4) is 22.8 Å². The largest absolute Gasteiger partial charge is 2.00 e. The van der Waals surface area contributed by atoms with Gasteiger partial charge in [-0.2, -0.15) is 52.7 Å². The maximum absolute atomic E-state index is 13.8. The van der Waals surface area contributed by atoms with Crippen LogP contribution in [0.2, 0.25) is 0 Å². The predicted octanol–water partition coefficient (Wildman–Crippen LogP) is 4.24. The van der Waals surface area contributed by atoms with Crippen LogP contribution in [0, 0.1) is 0 Å². The number of hydrogen-bond donors (Lipinski definition) is 0. The maximum atomic E-state index is 13.8. The third-order valence-corrected chi connectivity index (χ3v) is 11.1. The van der Waals surface area contributed by atoms with Gasteiger partial charge in [-0.25, -0.2) is 0 Å². The van der Waals surface area contributed by atoms with E-state index in [1.54, 1.807) is 24.8 Å². The van der Waals surface area contributed by atoms with Gasteiger partial charge in [-0.1, -0.05) is 121 Å². The van der Waals surface area contributed by atoms with E-state index in [1.165, 1.54) is 0 Å². The Hall–Kier alpha value is -8.65. The van der Waals surface area contributed by atoms with E-state index in [0.29, 0.717) is 97.1 Å². The van der Waals surface area contributed by atoms with Crippen LogP contribution < -0.4 is 20.4 Å². The molecule has 0 bridgehead atoms. The molecule has 0 atom stereocenters. The zero-order valence-electron chi connectivity index (χ0n) is 42.0. The first kappa shape index (κ1) is 77.4. The smallest absolute Gasteiger partial charge is 0.545 e. The van der Waals surface area contributed by atoms with Crippen LogP contribution in [0.15, 0.2) is 195 Å². The van der Waals surface area contributed by atoms with Crippen LogP contribution in [0.3, 0.4) is 0 Å². The number of hydrogen-bond acceptors (Lipinski definition) is 12. The fourth-order valence-corrected chi connectivity index (χ4v) is 7.45. The van der Waals surface area contributed by atoms with Crippen molar-refractivity contribution in [3.63, 3.8) is 0 Å².